The topological polar surface area (TPSA) is 124 Å². The molecule has 0 saturated heterocycles. The van der Waals surface area contributed by atoms with E-state index in [0.717, 1.165) is 0 Å². The summed E-state index contributed by atoms with van der Waals surface area (Å²) in [6.45, 7) is -0.572. The van der Waals surface area contributed by atoms with Gasteiger partial charge in [-0.3, -0.25) is 10.1 Å². The number of nitro groups is 1. The second-order valence-electron chi connectivity index (χ2n) is 2.41. The van der Waals surface area contributed by atoms with Crippen LogP contribution in [0.25, 0.3) is 0 Å². The molecule has 82 valence electrons. The zero-order valence-corrected chi connectivity index (χ0v) is 10.5. The second-order valence-corrected chi connectivity index (χ2v) is 2.41. The smallest absolute Gasteiger partial charge is 0.546 e. The van der Waals surface area contributed by atoms with Gasteiger partial charge in [-0.2, -0.15) is 0 Å². The van der Waals surface area contributed by atoms with E-state index >= 15 is 0 Å². The van der Waals surface area contributed by atoms with Crippen molar-refractivity contribution in [2.24, 2.45) is 0 Å². The maximum atomic E-state index is 10.2. The maximum absolute atomic E-state index is 10.2. The van der Waals surface area contributed by atoms with E-state index in [-0.39, 0.29) is 46.5 Å². The molecule has 0 heterocycles. The summed E-state index contributed by atoms with van der Waals surface area (Å²) in [7, 11) is 0. The molecule has 0 radical (unpaired) electrons. The molecule has 8 heteroatoms. The van der Waals surface area contributed by atoms with Crippen molar-refractivity contribution < 1.29 is 54.6 Å². The van der Waals surface area contributed by atoms with Crippen LogP contribution in [0.2, 0.25) is 0 Å². The van der Waals surface area contributed by atoms with Crippen LogP contribution in [0.15, 0.2) is 24.3 Å². The molecule has 0 fully saturated rings. The van der Waals surface area contributed by atoms with E-state index in [0.29, 0.717) is 0 Å². The molecule has 1 aromatic carbocycles. The maximum Gasteiger partial charge on any atom is 1.00 e. The Balaban J connectivity index is 0. The van der Waals surface area contributed by atoms with Gasteiger partial charge in [0.1, 0.15) is 12.4 Å². The molecule has 16 heavy (non-hydrogen) atoms. The first-order chi connectivity index (χ1) is 6.59. The standard InChI is InChI=1S/C8H7NO5.Na.H2O/c10-8(11)5-14-7-3-1-6(2-4-7)9(12)13;;/h1-4H,5H2,(H,10,11);;1H2/q;+1;/p-1. The van der Waals surface area contributed by atoms with Crippen LogP contribution >= 0.6 is 0 Å². The van der Waals surface area contributed by atoms with Crippen LogP contribution in [0.1, 0.15) is 0 Å². The molecule has 2 N–H and O–H groups in total. The van der Waals surface area contributed by atoms with E-state index in [1.54, 1.807) is 0 Å². The number of hydrogen-bond donors (Lipinski definition) is 0. The third-order valence-electron chi connectivity index (χ3n) is 1.40. The number of nitro benzene ring substituents is 1. The Morgan fingerprint density at radius 2 is 1.81 bits per heavy atom. The SMILES string of the molecule is O.O=C([O-])COc1ccc([N+](=O)[O-])cc1.[Na+]. The number of carboxylic acids is 1. The predicted octanol–water partition coefficient (Wildman–Crippen LogP) is -4.10. The summed E-state index contributed by atoms with van der Waals surface area (Å²) in [6, 6.07) is 5.09. The number of rotatable bonds is 4. The molecular weight excluding hydrogens is 229 g/mol. The second kappa shape index (κ2) is 8.05. The van der Waals surface area contributed by atoms with Gasteiger partial charge in [-0.05, 0) is 12.1 Å². The van der Waals surface area contributed by atoms with Crippen molar-refractivity contribution >= 4 is 11.7 Å². The zero-order chi connectivity index (χ0) is 10.6. The minimum absolute atomic E-state index is 0. The summed E-state index contributed by atoms with van der Waals surface area (Å²) in [5.74, 6) is -1.09. The summed E-state index contributed by atoms with van der Waals surface area (Å²) in [5, 5.41) is 20.2. The van der Waals surface area contributed by atoms with Crippen LogP contribution in [-0.4, -0.2) is 23.0 Å². The van der Waals surface area contributed by atoms with Crippen molar-refractivity contribution in [3.8, 4) is 5.75 Å². The summed E-state index contributed by atoms with van der Waals surface area (Å²) in [4.78, 5) is 19.7. The van der Waals surface area contributed by atoms with Gasteiger partial charge in [0, 0.05) is 12.1 Å². The Kier molecular flexibility index (Phi) is 8.68. The van der Waals surface area contributed by atoms with Crippen LogP contribution in [0.3, 0.4) is 0 Å². The molecule has 0 amide bonds. The monoisotopic (exact) mass is 237 g/mol. The van der Waals surface area contributed by atoms with Crippen LogP contribution < -0.4 is 39.4 Å². The van der Waals surface area contributed by atoms with Crippen LogP contribution in [0, 0.1) is 10.1 Å². The number of carbonyl (C=O) groups excluding carboxylic acids is 1. The first-order valence-electron chi connectivity index (χ1n) is 3.66. The third-order valence-corrected chi connectivity index (χ3v) is 1.40. The Morgan fingerprint density at radius 1 is 1.31 bits per heavy atom. The van der Waals surface area contributed by atoms with E-state index in [9.17, 15) is 20.0 Å². The molecular formula is C8H8NNaO6. The summed E-state index contributed by atoms with van der Waals surface area (Å²) < 4.78 is 4.72. The predicted molar refractivity (Wildman–Crippen MR) is 47.2 cm³/mol. The first kappa shape index (κ1) is 17.3. The van der Waals surface area contributed by atoms with Gasteiger partial charge in [0.2, 0.25) is 0 Å². The van der Waals surface area contributed by atoms with Crippen molar-refractivity contribution in [3.05, 3.63) is 34.4 Å². The van der Waals surface area contributed by atoms with Gasteiger partial charge in [-0.1, -0.05) is 0 Å². The molecule has 1 aromatic rings. The van der Waals surface area contributed by atoms with Gasteiger partial charge in [0.25, 0.3) is 5.69 Å². The molecule has 0 aliphatic carbocycles. The molecule has 0 bridgehead atoms. The minimum Gasteiger partial charge on any atom is -0.546 e. The average Bonchev–Trinajstić information content (AvgIpc) is 2.15. The molecule has 0 spiro atoms. The number of carboxylic acid groups (broad SMARTS) is 1. The van der Waals surface area contributed by atoms with Gasteiger partial charge >= 0.3 is 29.6 Å². The molecule has 0 aromatic heterocycles. The van der Waals surface area contributed by atoms with Crippen molar-refractivity contribution in [3.63, 3.8) is 0 Å². The molecule has 0 aliphatic rings. The fraction of sp³-hybridized carbons (Fsp3) is 0.125. The van der Waals surface area contributed by atoms with Crippen molar-refractivity contribution in [1.82, 2.24) is 0 Å². The zero-order valence-electron chi connectivity index (χ0n) is 8.50. The van der Waals surface area contributed by atoms with Crippen LogP contribution in [0.5, 0.6) is 5.75 Å². The number of hydrogen-bond acceptors (Lipinski definition) is 5. The van der Waals surface area contributed by atoms with E-state index < -0.39 is 17.5 Å². The molecule has 0 saturated carbocycles. The van der Waals surface area contributed by atoms with Gasteiger partial charge < -0.3 is 20.1 Å². The Morgan fingerprint density at radius 3 is 2.19 bits per heavy atom. The summed E-state index contributed by atoms with van der Waals surface area (Å²) in [6.07, 6.45) is 0. The van der Waals surface area contributed by atoms with Crippen LogP contribution in [-0.2, 0) is 4.79 Å². The summed E-state index contributed by atoms with van der Waals surface area (Å²) in [5.41, 5.74) is -0.0780. The average molecular weight is 237 g/mol. The number of ether oxygens (including phenoxy) is 1. The van der Waals surface area contributed by atoms with E-state index in [1.165, 1.54) is 24.3 Å². The Labute approximate surface area is 113 Å². The summed E-state index contributed by atoms with van der Waals surface area (Å²) >= 11 is 0. The molecule has 0 aliphatic heterocycles. The fourth-order valence-electron chi connectivity index (χ4n) is 0.806. The van der Waals surface area contributed by atoms with Gasteiger partial charge in [0.05, 0.1) is 10.9 Å². The van der Waals surface area contributed by atoms with E-state index in [4.69, 9.17) is 4.74 Å². The van der Waals surface area contributed by atoms with Crippen molar-refractivity contribution in [2.45, 2.75) is 0 Å². The van der Waals surface area contributed by atoms with Gasteiger partial charge in [0.15, 0.2) is 0 Å². The van der Waals surface area contributed by atoms with Crippen molar-refractivity contribution in [1.29, 1.82) is 0 Å². The Hall–Kier alpha value is -1.15. The minimum atomic E-state index is -1.34. The van der Waals surface area contributed by atoms with Crippen molar-refractivity contribution in [2.75, 3.05) is 6.61 Å². The number of non-ortho nitro benzene ring substituents is 1. The molecule has 1 rings (SSSR count). The fourth-order valence-corrected chi connectivity index (χ4v) is 0.806. The van der Waals surface area contributed by atoms with Gasteiger partial charge in [-0.25, -0.2) is 0 Å². The van der Waals surface area contributed by atoms with Gasteiger partial charge in [-0.15, -0.1) is 0 Å². The normalized spacial score (nSPS) is 8.25. The molecule has 0 unspecified atom stereocenters. The molecule has 7 nitrogen and oxygen atoms in total. The Bertz CT molecular complexity index is 352. The quantitative estimate of drug-likeness (QED) is 0.299. The largest absolute Gasteiger partial charge is 1.00 e. The van der Waals surface area contributed by atoms with E-state index in [1.807, 2.05) is 0 Å². The van der Waals surface area contributed by atoms with Crippen LogP contribution in [0.4, 0.5) is 5.69 Å². The number of benzene rings is 1. The first-order valence-corrected chi connectivity index (χ1v) is 3.66. The third kappa shape index (κ3) is 5.66. The number of carbonyl (C=O) groups is 1. The number of aliphatic carboxylic acids is 1. The molecule has 0 atom stereocenters. The van der Waals surface area contributed by atoms with E-state index in [2.05, 4.69) is 0 Å². The number of nitrogens with zero attached hydrogens (tertiary/aromatic N) is 1.